The summed E-state index contributed by atoms with van der Waals surface area (Å²) in [5.41, 5.74) is 1.33. The van der Waals surface area contributed by atoms with Crippen LogP contribution in [-0.2, 0) is 0 Å². The van der Waals surface area contributed by atoms with E-state index in [9.17, 15) is 10.2 Å². The van der Waals surface area contributed by atoms with Crippen molar-refractivity contribution in [3.8, 4) is 0 Å². The van der Waals surface area contributed by atoms with Crippen molar-refractivity contribution in [1.29, 1.82) is 0 Å². The molecule has 13 heavy (non-hydrogen) atoms. The summed E-state index contributed by atoms with van der Waals surface area (Å²) >= 11 is 5.83. The Morgan fingerprint density at radius 2 is 2.00 bits per heavy atom. The standard InChI is InChI=1S/C9H12ClNO2/c1-5-3-11-4-7(10)8(5)9(13)6(2)12/h3-4,6,9,12-13H,1-2H3. The molecule has 0 radical (unpaired) electrons. The smallest absolute Gasteiger partial charge is 0.106 e. The second-order valence-electron chi connectivity index (χ2n) is 3.04. The number of halogens is 1. The Morgan fingerprint density at radius 1 is 1.38 bits per heavy atom. The minimum atomic E-state index is -0.949. The van der Waals surface area contributed by atoms with Crippen LogP contribution in [0.25, 0.3) is 0 Å². The second kappa shape index (κ2) is 4.05. The number of pyridine rings is 1. The molecule has 0 aliphatic carbocycles. The van der Waals surface area contributed by atoms with Gasteiger partial charge in [-0.2, -0.15) is 0 Å². The fourth-order valence-corrected chi connectivity index (χ4v) is 1.47. The van der Waals surface area contributed by atoms with Crippen molar-refractivity contribution in [3.63, 3.8) is 0 Å². The van der Waals surface area contributed by atoms with Crippen molar-refractivity contribution in [2.24, 2.45) is 0 Å². The minimum absolute atomic E-state index is 0.383. The van der Waals surface area contributed by atoms with Crippen LogP contribution in [0.4, 0.5) is 0 Å². The van der Waals surface area contributed by atoms with Gasteiger partial charge in [-0.05, 0) is 19.4 Å². The molecule has 1 aromatic heterocycles. The van der Waals surface area contributed by atoms with E-state index in [0.717, 1.165) is 5.56 Å². The Labute approximate surface area is 82.0 Å². The van der Waals surface area contributed by atoms with E-state index in [1.807, 2.05) is 0 Å². The fraction of sp³-hybridized carbons (Fsp3) is 0.444. The van der Waals surface area contributed by atoms with Crippen LogP contribution in [0.3, 0.4) is 0 Å². The predicted octanol–water partition coefficient (Wildman–Crippen LogP) is 1.46. The summed E-state index contributed by atoms with van der Waals surface area (Å²) in [4.78, 5) is 3.86. The zero-order chi connectivity index (χ0) is 10.0. The number of aliphatic hydroxyl groups excluding tert-OH is 2. The summed E-state index contributed by atoms with van der Waals surface area (Å²) in [5, 5.41) is 19.2. The summed E-state index contributed by atoms with van der Waals surface area (Å²) in [6.45, 7) is 3.31. The lowest BCUT2D eigenvalue weighted by Crippen LogP contribution is -2.15. The molecule has 0 spiro atoms. The summed E-state index contributed by atoms with van der Waals surface area (Å²) < 4.78 is 0. The van der Waals surface area contributed by atoms with E-state index in [1.54, 1.807) is 13.1 Å². The van der Waals surface area contributed by atoms with Crippen LogP contribution in [0.2, 0.25) is 5.02 Å². The molecule has 72 valence electrons. The highest BCUT2D eigenvalue weighted by Gasteiger charge is 2.18. The van der Waals surface area contributed by atoms with E-state index in [0.29, 0.717) is 10.6 Å². The normalized spacial score (nSPS) is 15.5. The average Bonchev–Trinajstić information content (AvgIpc) is 2.03. The van der Waals surface area contributed by atoms with Crippen molar-refractivity contribution in [1.82, 2.24) is 4.98 Å². The van der Waals surface area contributed by atoms with Crippen LogP contribution in [0.15, 0.2) is 12.4 Å². The molecule has 1 heterocycles. The summed E-state index contributed by atoms with van der Waals surface area (Å²) in [6.07, 6.45) is 1.27. The lowest BCUT2D eigenvalue weighted by Gasteiger charge is -2.17. The van der Waals surface area contributed by atoms with Gasteiger partial charge in [0.15, 0.2) is 0 Å². The molecule has 0 amide bonds. The third-order valence-corrected chi connectivity index (χ3v) is 2.19. The molecular weight excluding hydrogens is 190 g/mol. The Morgan fingerprint density at radius 3 is 2.46 bits per heavy atom. The van der Waals surface area contributed by atoms with E-state index in [2.05, 4.69) is 4.98 Å². The topological polar surface area (TPSA) is 53.4 Å². The molecule has 0 aliphatic rings. The van der Waals surface area contributed by atoms with Crippen molar-refractivity contribution in [2.75, 3.05) is 0 Å². The molecular formula is C9H12ClNO2. The number of hydrogen-bond donors (Lipinski definition) is 2. The lowest BCUT2D eigenvalue weighted by molar-refractivity contribution is 0.0301. The molecule has 4 heteroatoms. The van der Waals surface area contributed by atoms with E-state index < -0.39 is 12.2 Å². The van der Waals surface area contributed by atoms with Gasteiger partial charge in [0.25, 0.3) is 0 Å². The Kier molecular flexibility index (Phi) is 3.25. The fourth-order valence-electron chi connectivity index (χ4n) is 1.16. The quantitative estimate of drug-likeness (QED) is 0.762. The third-order valence-electron chi connectivity index (χ3n) is 1.89. The number of rotatable bonds is 2. The number of aryl methyl sites for hydroxylation is 1. The molecule has 3 nitrogen and oxygen atoms in total. The first-order valence-corrected chi connectivity index (χ1v) is 4.38. The maximum atomic E-state index is 9.60. The Balaban J connectivity index is 3.12. The molecule has 2 atom stereocenters. The zero-order valence-corrected chi connectivity index (χ0v) is 8.28. The van der Waals surface area contributed by atoms with Crippen LogP contribution in [0.1, 0.15) is 24.2 Å². The molecule has 0 aliphatic heterocycles. The Hall–Kier alpha value is -0.640. The third kappa shape index (κ3) is 2.18. The summed E-state index contributed by atoms with van der Waals surface area (Å²) in [6, 6.07) is 0. The van der Waals surface area contributed by atoms with Crippen molar-refractivity contribution >= 4 is 11.6 Å². The van der Waals surface area contributed by atoms with Gasteiger partial charge < -0.3 is 10.2 Å². The van der Waals surface area contributed by atoms with E-state index in [4.69, 9.17) is 11.6 Å². The van der Waals surface area contributed by atoms with E-state index in [1.165, 1.54) is 13.1 Å². The number of aromatic nitrogens is 1. The number of aliphatic hydroxyl groups is 2. The van der Waals surface area contributed by atoms with Crippen LogP contribution in [0.5, 0.6) is 0 Å². The van der Waals surface area contributed by atoms with E-state index >= 15 is 0 Å². The van der Waals surface area contributed by atoms with Crippen LogP contribution in [-0.4, -0.2) is 21.3 Å². The number of nitrogens with zero attached hydrogens (tertiary/aromatic N) is 1. The van der Waals surface area contributed by atoms with Crippen LogP contribution >= 0.6 is 11.6 Å². The zero-order valence-electron chi connectivity index (χ0n) is 7.53. The monoisotopic (exact) mass is 201 g/mol. The van der Waals surface area contributed by atoms with Gasteiger partial charge in [0, 0.05) is 18.0 Å². The number of hydrogen-bond acceptors (Lipinski definition) is 3. The first-order valence-electron chi connectivity index (χ1n) is 4.00. The molecule has 1 rings (SSSR count). The lowest BCUT2D eigenvalue weighted by atomic mass is 10.0. The van der Waals surface area contributed by atoms with Gasteiger partial charge in [-0.25, -0.2) is 0 Å². The van der Waals surface area contributed by atoms with Gasteiger partial charge in [0.2, 0.25) is 0 Å². The van der Waals surface area contributed by atoms with E-state index in [-0.39, 0.29) is 0 Å². The van der Waals surface area contributed by atoms with Gasteiger partial charge in [-0.3, -0.25) is 4.98 Å². The Bertz CT molecular complexity index is 281. The maximum Gasteiger partial charge on any atom is 0.106 e. The molecule has 0 saturated heterocycles. The van der Waals surface area contributed by atoms with Crippen molar-refractivity contribution in [3.05, 3.63) is 28.5 Å². The molecule has 1 aromatic rings. The molecule has 0 saturated carbocycles. The average molecular weight is 202 g/mol. The second-order valence-corrected chi connectivity index (χ2v) is 3.44. The highest BCUT2D eigenvalue weighted by Crippen LogP contribution is 2.27. The first-order chi connectivity index (χ1) is 6.04. The molecule has 0 fully saturated rings. The minimum Gasteiger partial charge on any atom is -0.390 e. The molecule has 2 unspecified atom stereocenters. The van der Waals surface area contributed by atoms with Gasteiger partial charge >= 0.3 is 0 Å². The van der Waals surface area contributed by atoms with Crippen molar-refractivity contribution in [2.45, 2.75) is 26.1 Å². The largest absolute Gasteiger partial charge is 0.390 e. The van der Waals surface area contributed by atoms with Gasteiger partial charge in [0.05, 0.1) is 11.1 Å². The predicted molar refractivity (Wildman–Crippen MR) is 50.6 cm³/mol. The first kappa shape index (κ1) is 10.4. The van der Waals surface area contributed by atoms with Crippen LogP contribution < -0.4 is 0 Å². The summed E-state index contributed by atoms with van der Waals surface area (Å²) in [7, 11) is 0. The highest BCUT2D eigenvalue weighted by molar-refractivity contribution is 6.31. The van der Waals surface area contributed by atoms with Gasteiger partial charge in [-0.15, -0.1) is 0 Å². The highest BCUT2D eigenvalue weighted by atomic mass is 35.5. The molecule has 0 bridgehead atoms. The molecule has 2 N–H and O–H groups in total. The molecule has 0 aromatic carbocycles. The van der Waals surface area contributed by atoms with Crippen LogP contribution in [0, 0.1) is 6.92 Å². The van der Waals surface area contributed by atoms with Crippen molar-refractivity contribution < 1.29 is 10.2 Å². The summed E-state index contributed by atoms with van der Waals surface area (Å²) in [5.74, 6) is 0. The SMILES string of the molecule is Cc1cncc(Cl)c1C(O)C(C)O. The maximum absolute atomic E-state index is 9.60. The van der Waals surface area contributed by atoms with Gasteiger partial charge in [-0.1, -0.05) is 11.6 Å². The van der Waals surface area contributed by atoms with Gasteiger partial charge in [0.1, 0.15) is 6.10 Å².